The molecule has 1 aliphatic rings. The fourth-order valence-electron chi connectivity index (χ4n) is 4.10. The highest BCUT2D eigenvalue weighted by Gasteiger charge is 2.18. The maximum absolute atomic E-state index is 13.5. The Balaban J connectivity index is 1.52. The number of carbonyl (C=O) groups excluding carboxylic acids is 1. The number of nitrogens with zero attached hydrogens (tertiary/aromatic N) is 3. The lowest BCUT2D eigenvalue weighted by molar-refractivity contribution is -0.113. The summed E-state index contributed by atoms with van der Waals surface area (Å²) >= 11 is 2.87. The summed E-state index contributed by atoms with van der Waals surface area (Å²) in [6, 6.07) is 5.88. The molecule has 1 saturated heterocycles. The molecule has 0 unspecified atom stereocenters. The van der Waals surface area contributed by atoms with Crippen molar-refractivity contribution in [2.75, 3.05) is 43.9 Å². The Morgan fingerprint density at radius 3 is 2.68 bits per heavy atom. The van der Waals surface area contributed by atoms with Gasteiger partial charge in [0.25, 0.3) is 5.56 Å². The Labute approximate surface area is 208 Å². The first-order valence-electron chi connectivity index (χ1n) is 11.6. The van der Waals surface area contributed by atoms with E-state index in [0.29, 0.717) is 17.1 Å². The predicted octanol–water partition coefficient (Wildman–Crippen LogP) is 4.14. The van der Waals surface area contributed by atoms with E-state index in [0.717, 1.165) is 71.4 Å². The summed E-state index contributed by atoms with van der Waals surface area (Å²) in [5, 5.41) is 4.32. The van der Waals surface area contributed by atoms with Crippen molar-refractivity contribution in [2.45, 2.75) is 45.8 Å². The van der Waals surface area contributed by atoms with Crippen LogP contribution in [0, 0.1) is 27.7 Å². The summed E-state index contributed by atoms with van der Waals surface area (Å²) in [6.07, 6.45) is 0.845. The molecule has 0 radical (unpaired) electrons. The normalized spacial score (nSPS) is 14.6. The first-order valence-corrected chi connectivity index (χ1v) is 13.4. The summed E-state index contributed by atoms with van der Waals surface area (Å²) in [5.41, 5.74) is 4.01. The van der Waals surface area contributed by atoms with Gasteiger partial charge in [0.2, 0.25) is 5.91 Å². The van der Waals surface area contributed by atoms with Crippen LogP contribution in [0.5, 0.6) is 0 Å². The monoisotopic (exact) mass is 500 g/mol. The van der Waals surface area contributed by atoms with Crippen molar-refractivity contribution in [3.8, 4) is 0 Å². The molecule has 3 aromatic rings. The van der Waals surface area contributed by atoms with E-state index in [-0.39, 0.29) is 17.2 Å². The van der Waals surface area contributed by atoms with Crippen LogP contribution in [0.4, 0.5) is 5.69 Å². The Kier molecular flexibility index (Phi) is 8.08. The van der Waals surface area contributed by atoms with Gasteiger partial charge < -0.3 is 10.1 Å². The van der Waals surface area contributed by atoms with Gasteiger partial charge in [-0.1, -0.05) is 23.9 Å². The standard InChI is InChI=1S/C25H32N4O3S2/c1-16-7-5-8-20(17(16)2)26-21(30)15-33-25-27-23-22(18(3)19(4)34-23)24(31)29(25)10-6-9-28-11-13-32-14-12-28/h5,7-8H,6,9-15H2,1-4H3,(H,26,30). The van der Waals surface area contributed by atoms with Crippen molar-refractivity contribution in [3.05, 3.63) is 50.1 Å². The summed E-state index contributed by atoms with van der Waals surface area (Å²) in [7, 11) is 0. The van der Waals surface area contributed by atoms with Gasteiger partial charge >= 0.3 is 0 Å². The molecule has 1 fully saturated rings. The van der Waals surface area contributed by atoms with Gasteiger partial charge in [-0.3, -0.25) is 19.1 Å². The Morgan fingerprint density at radius 2 is 1.91 bits per heavy atom. The number of ether oxygens (including phenoxy) is 1. The van der Waals surface area contributed by atoms with Gasteiger partial charge in [0.05, 0.1) is 24.4 Å². The number of fused-ring (bicyclic) bond motifs is 1. The minimum absolute atomic E-state index is 0.00809. The van der Waals surface area contributed by atoms with Crippen LogP contribution in [0.3, 0.4) is 0 Å². The molecule has 0 atom stereocenters. The molecular formula is C25H32N4O3S2. The fourth-order valence-corrected chi connectivity index (χ4v) is 5.99. The summed E-state index contributed by atoms with van der Waals surface area (Å²) < 4.78 is 7.19. The molecule has 0 aliphatic carbocycles. The molecule has 0 bridgehead atoms. The first kappa shape index (κ1) is 24.9. The van der Waals surface area contributed by atoms with Gasteiger partial charge in [-0.15, -0.1) is 11.3 Å². The summed E-state index contributed by atoms with van der Waals surface area (Å²) in [5.74, 6) is 0.0875. The second kappa shape index (κ2) is 11.0. The van der Waals surface area contributed by atoms with Crippen molar-refractivity contribution in [1.29, 1.82) is 0 Å². The number of thioether (sulfide) groups is 1. The van der Waals surface area contributed by atoms with Crippen LogP contribution >= 0.6 is 23.1 Å². The fraction of sp³-hybridized carbons (Fsp3) is 0.480. The quantitative estimate of drug-likeness (QED) is 0.370. The number of aromatic nitrogens is 2. The third kappa shape index (κ3) is 5.54. The second-order valence-corrected chi connectivity index (χ2v) is 10.9. The van der Waals surface area contributed by atoms with E-state index in [9.17, 15) is 9.59 Å². The van der Waals surface area contributed by atoms with Crippen LogP contribution in [0.15, 0.2) is 28.2 Å². The predicted molar refractivity (Wildman–Crippen MR) is 140 cm³/mol. The minimum Gasteiger partial charge on any atom is -0.379 e. The number of amides is 1. The average molecular weight is 501 g/mol. The number of thiophene rings is 1. The van der Waals surface area contributed by atoms with Crippen LogP contribution in [0.2, 0.25) is 0 Å². The first-order chi connectivity index (χ1) is 16.3. The van der Waals surface area contributed by atoms with E-state index in [2.05, 4.69) is 10.2 Å². The molecule has 0 saturated carbocycles. The lowest BCUT2D eigenvalue weighted by atomic mass is 10.1. The molecule has 9 heteroatoms. The Hall–Kier alpha value is -2.20. The minimum atomic E-state index is -0.105. The highest BCUT2D eigenvalue weighted by atomic mass is 32.2. The van der Waals surface area contributed by atoms with Crippen molar-refractivity contribution in [1.82, 2.24) is 14.5 Å². The molecule has 1 aromatic carbocycles. The van der Waals surface area contributed by atoms with E-state index in [1.165, 1.54) is 11.8 Å². The SMILES string of the molecule is Cc1cccc(NC(=O)CSc2nc3sc(C)c(C)c3c(=O)n2CCCN2CCOCC2)c1C. The van der Waals surface area contributed by atoms with Gasteiger partial charge in [-0.2, -0.15) is 0 Å². The zero-order chi connectivity index (χ0) is 24.2. The lowest BCUT2D eigenvalue weighted by Gasteiger charge is -2.26. The van der Waals surface area contributed by atoms with Crippen LogP contribution in [-0.4, -0.2) is 59.0 Å². The number of morpholine rings is 1. The number of aryl methyl sites for hydroxylation is 3. The van der Waals surface area contributed by atoms with Gasteiger partial charge in [-0.25, -0.2) is 4.98 Å². The summed E-state index contributed by atoms with van der Waals surface area (Å²) in [4.78, 5) is 35.2. The van der Waals surface area contributed by atoms with Crippen molar-refractivity contribution >= 4 is 44.9 Å². The van der Waals surface area contributed by atoms with E-state index < -0.39 is 0 Å². The average Bonchev–Trinajstić information content (AvgIpc) is 3.11. The van der Waals surface area contributed by atoms with Gasteiger partial charge in [0.1, 0.15) is 4.83 Å². The molecule has 1 aliphatic heterocycles. The molecule has 4 rings (SSSR count). The highest BCUT2D eigenvalue weighted by molar-refractivity contribution is 7.99. The molecule has 1 amide bonds. The molecule has 0 spiro atoms. The van der Waals surface area contributed by atoms with E-state index in [4.69, 9.17) is 9.72 Å². The maximum atomic E-state index is 13.5. The van der Waals surface area contributed by atoms with Crippen molar-refractivity contribution < 1.29 is 9.53 Å². The van der Waals surface area contributed by atoms with Gasteiger partial charge in [0, 0.05) is 36.7 Å². The van der Waals surface area contributed by atoms with Crippen molar-refractivity contribution in [2.24, 2.45) is 0 Å². The number of hydrogen-bond acceptors (Lipinski definition) is 7. The third-order valence-corrected chi connectivity index (χ3v) is 8.50. The van der Waals surface area contributed by atoms with Gasteiger partial charge in [-0.05, 0) is 56.9 Å². The Morgan fingerprint density at radius 1 is 1.15 bits per heavy atom. The maximum Gasteiger partial charge on any atom is 0.263 e. The van der Waals surface area contributed by atoms with Crippen LogP contribution in [0.25, 0.3) is 10.2 Å². The van der Waals surface area contributed by atoms with Crippen LogP contribution in [0.1, 0.15) is 28.0 Å². The molecule has 7 nitrogen and oxygen atoms in total. The van der Waals surface area contributed by atoms with Gasteiger partial charge in [0.15, 0.2) is 5.16 Å². The zero-order valence-corrected chi connectivity index (χ0v) is 21.9. The molecule has 182 valence electrons. The van der Waals surface area contributed by atoms with E-state index in [1.807, 2.05) is 45.9 Å². The smallest absolute Gasteiger partial charge is 0.263 e. The zero-order valence-electron chi connectivity index (χ0n) is 20.3. The molecule has 2 aromatic heterocycles. The largest absolute Gasteiger partial charge is 0.379 e. The number of hydrogen-bond donors (Lipinski definition) is 1. The molecule has 1 N–H and O–H groups in total. The molecule has 3 heterocycles. The van der Waals surface area contributed by atoms with E-state index >= 15 is 0 Å². The van der Waals surface area contributed by atoms with Crippen LogP contribution in [-0.2, 0) is 16.1 Å². The van der Waals surface area contributed by atoms with Crippen molar-refractivity contribution in [3.63, 3.8) is 0 Å². The lowest BCUT2D eigenvalue weighted by Crippen LogP contribution is -2.37. The topological polar surface area (TPSA) is 76.5 Å². The summed E-state index contributed by atoms with van der Waals surface area (Å²) in [6.45, 7) is 12.9. The number of benzene rings is 1. The van der Waals surface area contributed by atoms with E-state index in [1.54, 1.807) is 15.9 Å². The van der Waals surface area contributed by atoms with Crippen LogP contribution < -0.4 is 10.9 Å². The second-order valence-electron chi connectivity index (χ2n) is 8.71. The highest BCUT2D eigenvalue weighted by Crippen LogP contribution is 2.28. The number of rotatable bonds is 8. The molecule has 34 heavy (non-hydrogen) atoms. The molecular weight excluding hydrogens is 468 g/mol. The Bertz CT molecular complexity index is 1250. The number of nitrogens with one attached hydrogen (secondary N) is 1. The number of anilines is 1. The third-order valence-electron chi connectivity index (χ3n) is 6.42. The number of carbonyl (C=O) groups is 1.